The topological polar surface area (TPSA) is 90.8 Å². The normalized spacial score (nSPS) is 11.2. The van der Waals surface area contributed by atoms with E-state index in [1.54, 1.807) is 12.1 Å². The van der Waals surface area contributed by atoms with Gasteiger partial charge in [-0.25, -0.2) is 0 Å². The van der Waals surface area contributed by atoms with E-state index in [4.69, 9.17) is 10.6 Å². The molecular weight excluding hydrogens is 258 g/mol. The summed E-state index contributed by atoms with van der Waals surface area (Å²) in [6, 6.07) is 15.5. The highest BCUT2D eigenvalue weighted by atomic mass is 16.6. The second kappa shape index (κ2) is 6.44. The summed E-state index contributed by atoms with van der Waals surface area (Å²) in [5, 5.41) is 14.6. The van der Waals surface area contributed by atoms with Crippen molar-refractivity contribution in [2.75, 3.05) is 6.73 Å². The maximum Gasteiger partial charge on any atom is 0.269 e. The van der Waals surface area contributed by atoms with Gasteiger partial charge in [-0.2, -0.15) is 0 Å². The molecule has 0 bridgehead atoms. The monoisotopic (exact) mass is 271 g/mol. The predicted octanol–water partition coefficient (Wildman–Crippen LogP) is 2.28. The standard InChI is InChI=1S/C14H13N3O3/c15-10-20-16-14(11-4-2-1-3-5-11)12-6-8-13(9-7-12)17(18)19/h1-9H,10,15H2/b16-14-. The van der Waals surface area contributed by atoms with Gasteiger partial charge in [-0.15, -0.1) is 0 Å². The Labute approximate surface area is 115 Å². The third-order valence-electron chi connectivity index (χ3n) is 2.63. The van der Waals surface area contributed by atoms with E-state index >= 15 is 0 Å². The first-order valence-electron chi connectivity index (χ1n) is 5.92. The first-order valence-corrected chi connectivity index (χ1v) is 5.92. The van der Waals surface area contributed by atoms with Gasteiger partial charge in [-0.3, -0.25) is 15.8 Å². The molecule has 2 aromatic rings. The third kappa shape index (κ3) is 3.18. The average molecular weight is 271 g/mol. The molecule has 0 atom stereocenters. The number of nitrogens with two attached hydrogens (primary N) is 1. The lowest BCUT2D eigenvalue weighted by atomic mass is 10.0. The molecule has 2 N–H and O–H groups in total. The van der Waals surface area contributed by atoms with E-state index in [0.717, 1.165) is 11.1 Å². The van der Waals surface area contributed by atoms with E-state index < -0.39 is 4.92 Å². The van der Waals surface area contributed by atoms with E-state index in [9.17, 15) is 10.1 Å². The van der Waals surface area contributed by atoms with E-state index in [1.165, 1.54) is 12.1 Å². The molecule has 0 saturated heterocycles. The molecule has 0 saturated carbocycles. The van der Waals surface area contributed by atoms with E-state index in [0.29, 0.717) is 5.71 Å². The summed E-state index contributed by atoms with van der Waals surface area (Å²) in [7, 11) is 0. The summed E-state index contributed by atoms with van der Waals surface area (Å²) in [5.74, 6) is 0. The van der Waals surface area contributed by atoms with Gasteiger partial charge in [0.2, 0.25) is 0 Å². The molecule has 0 aromatic heterocycles. The van der Waals surface area contributed by atoms with Gasteiger partial charge in [-0.05, 0) is 12.1 Å². The van der Waals surface area contributed by atoms with E-state index in [2.05, 4.69) is 5.16 Å². The number of oxime groups is 1. The van der Waals surface area contributed by atoms with Crippen LogP contribution in [-0.2, 0) is 4.84 Å². The van der Waals surface area contributed by atoms with E-state index in [-0.39, 0.29) is 12.4 Å². The van der Waals surface area contributed by atoms with Gasteiger partial charge in [0.1, 0.15) is 5.71 Å². The van der Waals surface area contributed by atoms with Crippen LogP contribution in [0.15, 0.2) is 59.8 Å². The molecule has 0 fully saturated rings. The predicted molar refractivity (Wildman–Crippen MR) is 75.3 cm³/mol. The number of nitro groups is 1. The summed E-state index contributed by atoms with van der Waals surface area (Å²) in [6.07, 6.45) is 0. The zero-order chi connectivity index (χ0) is 14.4. The second-order valence-corrected chi connectivity index (χ2v) is 3.91. The van der Waals surface area contributed by atoms with Crippen LogP contribution in [-0.4, -0.2) is 17.4 Å². The van der Waals surface area contributed by atoms with Crippen LogP contribution in [0.3, 0.4) is 0 Å². The summed E-state index contributed by atoms with van der Waals surface area (Å²) in [5.41, 5.74) is 7.44. The molecule has 0 radical (unpaired) electrons. The molecule has 0 heterocycles. The minimum atomic E-state index is -0.445. The van der Waals surface area contributed by atoms with Crippen LogP contribution >= 0.6 is 0 Å². The Morgan fingerprint density at radius 1 is 1.10 bits per heavy atom. The molecule has 0 aliphatic carbocycles. The Balaban J connectivity index is 2.39. The highest BCUT2D eigenvalue weighted by Gasteiger charge is 2.10. The Kier molecular flexibility index (Phi) is 4.41. The molecule has 0 amide bonds. The van der Waals surface area contributed by atoms with Gasteiger partial charge >= 0.3 is 0 Å². The number of hydrogen-bond acceptors (Lipinski definition) is 5. The van der Waals surface area contributed by atoms with Crippen LogP contribution in [0, 0.1) is 10.1 Å². The van der Waals surface area contributed by atoms with Crippen LogP contribution in [0.1, 0.15) is 11.1 Å². The van der Waals surface area contributed by atoms with Crippen molar-refractivity contribution >= 4 is 11.4 Å². The number of non-ortho nitro benzene ring substituents is 1. The van der Waals surface area contributed by atoms with Crippen LogP contribution in [0.4, 0.5) is 5.69 Å². The third-order valence-corrected chi connectivity index (χ3v) is 2.63. The molecular formula is C14H13N3O3. The van der Waals surface area contributed by atoms with Crippen LogP contribution < -0.4 is 5.73 Å². The van der Waals surface area contributed by atoms with Crippen LogP contribution in [0.25, 0.3) is 0 Å². The molecule has 0 spiro atoms. The smallest absolute Gasteiger partial charge is 0.269 e. The Morgan fingerprint density at radius 3 is 2.25 bits per heavy atom. The van der Waals surface area contributed by atoms with Gasteiger partial charge in [0.25, 0.3) is 5.69 Å². The molecule has 20 heavy (non-hydrogen) atoms. The Bertz CT molecular complexity index is 609. The Morgan fingerprint density at radius 2 is 1.70 bits per heavy atom. The van der Waals surface area contributed by atoms with Crippen molar-refractivity contribution in [2.24, 2.45) is 10.9 Å². The van der Waals surface area contributed by atoms with Gasteiger partial charge < -0.3 is 4.84 Å². The van der Waals surface area contributed by atoms with Gasteiger partial charge in [0.15, 0.2) is 6.73 Å². The zero-order valence-corrected chi connectivity index (χ0v) is 10.6. The fraction of sp³-hybridized carbons (Fsp3) is 0.0714. The summed E-state index contributed by atoms with van der Waals surface area (Å²) in [4.78, 5) is 15.1. The first-order chi connectivity index (χ1) is 9.72. The average Bonchev–Trinajstić information content (AvgIpc) is 2.49. The second-order valence-electron chi connectivity index (χ2n) is 3.91. The number of benzene rings is 2. The molecule has 2 aromatic carbocycles. The highest BCUT2D eigenvalue weighted by molar-refractivity contribution is 6.12. The van der Waals surface area contributed by atoms with Crippen molar-refractivity contribution in [3.63, 3.8) is 0 Å². The lowest BCUT2D eigenvalue weighted by Crippen LogP contribution is -2.07. The number of rotatable bonds is 5. The fourth-order valence-corrected chi connectivity index (χ4v) is 1.71. The maximum absolute atomic E-state index is 10.7. The van der Waals surface area contributed by atoms with Crippen LogP contribution in [0.2, 0.25) is 0 Å². The highest BCUT2D eigenvalue weighted by Crippen LogP contribution is 2.16. The molecule has 6 heteroatoms. The van der Waals surface area contributed by atoms with Crippen molar-refractivity contribution in [3.8, 4) is 0 Å². The minimum absolute atomic E-state index is 0.0286. The van der Waals surface area contributed by atoms with Gasteiger partial charge in [0.05, 0.1) is 4.92 Å². The summed E-state index contributed by atoms with van der Waals surface area (Å²) < 4.78 is 0. The molecule has 0 aliphatic rings. The van der Waals surface area contributed by atoms with Crippen molar-refractivity contribution in [2.45, 2.75) is 0 Å². The quantitative estimate of drug-likeness (QED) is 0.391. The van der Waals surface area contributed by atoms with Crippen molar-refractivity contribution in [1.82, 2.24) is 0 Å². The summed E-state index contributed by atoms with van der Waals surface area (Å²) in [6.45, 7) is -0.0384. The lowest BCUT2D eigenvalue weighted by molar-refractivity contribution is -0.384. The largest absolute Gasteiger partial charge is 0.380 e. The number of nitro benzene ring substituents is 1. The first kappa shape index (κ1) is 13.7. The van der Waals surface area contributed by atoms with Crippen LogP contribution in [0.5, 0.6) is 0 Å². The fourth-order valence-electron chi connectivity index (χ4n) is 1.71. The number of nitrogens with zero attached hydrogens (tertiary/aromatic N) is 2. The number of hydrogen-bond donors (Lipinski definition) is 1. The van der Waals surface area contributed by atoms with Crippen molar-refractivity contribution in [1.29, 1.82) is 0 Å². The van der Waals surface area contributed by atoms with Gasteiger partial charge in [-0.1, -0.05) is 35.5 Å². The van der Waals surface area contributed by atoms with Crippen molar-refractivity contribution < 1.29 is 9.76 Å². The van der Waals surface area contributed by atoms with Gasteiger partial charge in [0, 0.05) is 23.3 Å². The zero-order valence-electron chi connectivity index (χ0n) is 10.6. The molecule has 102 valence electrons. The van der Waals surface area contributed by atoms with E-state index in [1.807, 2.05) is 30.3 Å². The SMILES string of the molecule is NCO/N=C(/c1ccccc1)c1ccc([N+](=O)[O-])cc1. The minimum Gasteiger partial charge on any atom is -0.380 e. The van der Waals surface area contributed by atoms with Crippen molar-refractivity contribution in [3.05, 3.63) is 75.8 Å². The Hall–Kier alpha value is -2.73. The molecule has 6 nitrogen and oxygen atoms in total. The summed E-state index contributed by atoms with van der Waals surface area (Å²) >= 11 is 0. The molecule has 0 aliphatic heterocycles. The lowest BCUT2D eigenvalue weighted by Gasteiger charge is -2.06. The maximum atomic E-state index is 10.7. The molecule has 2 rings (SSSR count). The molecule has 0 unspecified atom stereocenters.